The number of benzene rings is 1. The van der Waals surface area contributed by atoms with Crippen LogP contribution in [0.2, 0.25) is 0 Å². The van der Waals surface area contributed by atoms with Gasteiger partial charge < -0.3 is 25.0 Å². The number of nitrogens with zero attached hydrogens (tertiary/aromatic N) is 5. The van der Waals surface area contributed by atoms with Crippen molar-refractivity contribution in [2.75, 3.05) is 43.1 Å². The fraction of sp³-hybridized carbons (Fsp3) is 0.381. The van der Waals surface area contributed by atoms with Gasteiger partial charge in [-0.15, -0.1) is 0 Å². The van der Waals surface area contributed by atoms with Gasteiger partial charge in [0.05, 0.1) is 5.92 Å². The minimum absolute atomic E-state index is 0.0826. The number of anilines is 2. The molecule has 11 nitrogen and oxygen atoms in total. The lowest BCUT2D eigenvalue weighted by molar-refractivity contribution is -0.126. The molecular weight excluding hydrogens is 414 g/mol. The highest BCUT2D eigenvalue weighted by Crippen LogP contribution is 2.35. The largest absolute Gasteiger partial charge is 0.486 e. The van der Waals surface area contributed by atoms with Crippen molar-refractivity contribution in [3.8, 4) is 11.5 Å². The fourth-order valence-electron chi connectivity index (χ4n) is 3.91. The number of nitrogens with one attached hydrogen (secondary N) is 2. The highest BCUT2D eigenvalue weighted by molar-refractivity contribution is 6.00. The maximum atomic E-state index is 12.6. The summed E-state index contributed by atoms with van der Waals surface area (Å²) in [5.41, 5.74) is 1.53. The van der Waals surface area contributed by atoms with E-state index < -0.39 is 5.92 Å². The van der Waals surface area contributed by atoms with Crippen LogP contribution >= 0.6 is 0 Å². The van der Waals surface area contributed by atoms with Gasteiger partial charge in [0.15, 0.2) is 11.5 Å². The summed E-state index contributed by atoms with van der Waals surface area (Å²) in [5.74, 6) is 1.92. The van der Waals surface area contributed by atoms with Gasteiger partial charge in [0.2, 0.25) is 11.8 Å². The summed E-state index contributed by atoms with van der Waals surface area (Å²) in [6.45, 7) is 4.11. The molecule has 5 rings (SSSR count). The van der Waals surface area contributed by atoms with Crippen molar-refractivity contribution in [3.63, 3.8) is 0 Å². The Labute approximate surface area is 183 Å². The van der Waals surface area contributed by atoms with Crippen molar-refractivity contribution < 1.29 is 19.1 Å². The molecule has 2 aliphatic rings. The van der Waals surface area contributed by atoms with E-state index >= 15 is 0 Å². The number of aromatic nitrogens is 4. The van der Waals surface area contributed by atoms with Crippen LogP contribution in [0.5, 0.6) is 11.5 Å². The Bertz CT molecular complexity index is 1180. The maximum absolute atomic E-state index is 12.6. The van der Waals surface area contributed by atoms with Crippen molar-refractivity contribution in [2.24, 2.45) is 5.92 Å². The van der Waals surface area contributed by atoms with Crippen LogP contribution in [0.3, 0.4) is 0 Å². The normalized spacial score (nSPS) is 17.6. The molecule has 1 fully saturated rings. The molecule has 0 spiro atoms. The van der Waals surface area contributed by atoms with Crippen LogP contribution in [-0.2, 0) is 9.59 Å². The zero-order valence-corrected chi connectivity index (χ0v) is 17.6. The number of carbonyl (C=O) groups is 2. The van der Waals surface area contributed by atoms with Crippen LogP contribution in [-0.4, -0.2) is 64.2 Å². The molecule has 0 aliphatic carbocycles. The van der Waals surface area contributed by atoms with Gasteiger partial charge in [0, 0.05) is 49.6 Å². The lowest BCUT2D eigenvalue weighted by atomic mass is 10.1. The zero-order chi connectivity index (χ0) is 22.1. The summed E-state index contributed by atoms with van der Waals surface area (Å²) >= 11 is 0. The van der Waals surface area contributed by atoms with Crippen molar-refractivity contribution in [2.45, 2.75) is 13.3 Å². The average molecular weight is 437 g/mol. The van der Waals surface area contributed by atoms with E-state index in [1.165, 1.54) is 6.33 Å². The number of rotatable bonds is 6. The molecule has 2 amide bonds. The van der Waals surface area contributed by atoms with Crippen LogP contribution in [0.25, 0.3) is 5.78 Å². The van der Waals surface area contributed by atoms with Gasteiger partial charge in [-0.25, -0.2) is 4.98 Å². The predicted octanol–water partition coefficient (Wildman–Crippen LogP) is 0.785. The van der Waals surface area contributed by atoms with E-state index in [9.17, 15) is 9.59 Å². The van der Waals surface area contributed by atoms with E-state index in [0.29, 0.717) is 55.8 Å². The van der Waals surface area contributed by atoms with Crippen molar-refractivity contribution in [1.29, 1.82) is 0 Å². The molecular formula is C21H23N7O4. The molecule has 32 heavy (non-hydrogen) atoms. The third kappa shape index (κ3) is 3.88. The van der Waals surface area contributed by atoms with Gasteiger partial charge >= 0.3 is 0 Å². The lowest BCUT2D eigenvalue weighted by Crippen LogP contribution is -2.35. The number of carbonyl (C=O) groups excluding carboxylic acids is 2. The summed E-state index contributed by atoms with van der Waals surface area (Å²) in [6, 6.07) is 7.27. The Balaban J connectivity index is 1.15. The molecule has 166 valence electrons. The Morgan fingerprint density at radius 1 is 1.19 bits per heavy atom. The van der Waals surface area contributed by atoms with Gasteiger partial charge in [-0.05, 0) is 19.1 Å². The number of hydrogen-bond donors (Lipinski definition) is 2. The van der Waals surface area contributed by atoms with Crippen LogP contribution in [0.4, 0.5) is 11.5 Å². The molecule has 0 bridgehead atoms. The van der Waals surface area contributed by atoms with Gasteiger partial charge in [0.1, 0.15) is 25.4 Å². The van der Waals surface area contributed by atoms with Crippen molar-refractivity contribution >= 4 is 29.1 Å². The molecule has 2 aliphatic heterocycles. The topological polar surface area (TPSA) is 123 Å². The molecule has 1 atom stereocenters. The first-order valence-corrected chi connectivity index (χ1v) is 10.5. The second kappa shape index (κ2) is 8.33. The molecule has 3 aromatic rings. The summed E-state index contributed by atoms with van der Waals surface area (Å²) in [6.07, 6.45) is 1.62. The van der Waals surface area contributed by atoms with E-state index in [4.69, 9.17) is 9.47 Å². The molecule has 2 N–H and O–H groups in total. The second-order valence-corrected chi connectivity index (χ2v) is 7.71. The summed E-state index contributed by atoms with van der Waals surface area (Å²) < 4.78 is 12.7. The van der Waals surface area contributed by atoms with E-state index in [2.05, 4.69) is 25.7 Å². The van der Waals surface area contributed by atoms with E-state index in [1.807, 2.05) is 19.1 Å². The maximum Gasteiger partial charge on any atom is 0.254 e. The van der Waals surface area contributed by atoms with Gasteiger partial charge in [0.25, 0.3) is 5.78 Å². The monoisotopic (exact) mass is 437 g/mol. The van der Waals surface area contributed by atoms with Gasteiger partial charge in [-0.3, -0.25) is 9.59 Å². The molecule has 1 saturated heterocycles. The second-order valence-electron chi connectivity index (χ2n) is 7.71. The number of ether oxygens (including phenoxy) is 2. The summed E-state index contributed by atoms with van der Waals surface area (Å²) in [4.78, 5) is 35.2. The van der Waals surface area contributed by atoms with Gasteiger partial charge in [-0.2, -0.15) is 14.6 Å². The van der Waals surface area contributed by atoms with E-state index in [1.54, 1.807) is 21.5 Å². The highest BCUT2D eigenvalue weighted by Gasteiger charge is 2.35. The lowest BCUT2D eigenvalue weighted by Gasteiger charge is -2.22. The molecule has 0 radical (unpaired) electrons. The molecule has 1 aromatic carbocycles. The molecule has 11 heteroatoms. The molecule has 0 saturated carbocycles. The number of amides is 2. The van der Waals surface area contributed by atoms with Crippen LogP contribution < -0.4 is 25.0 Å². The SMILES string of the molecule is Cc1cc(NCCNC(=O)[C@@H]2CC(=O)N(c3ccc4c(c3)OCCO4)C2)n2ncnc2n1. The third-order valence-electron chi connectivity index (χ3n) is 5.44. The number of hydrogen-bond acceptors (Lipinski definition) is 8. The Morgan fingerprint density at radius 3 is 2.91 bits per heavy atom. The van der Waals surface area contributed by atoms with Crippen molar-refractivity contribution in [1.82, 2.24) is 24.9 Å². The number of aryl methyl sites for hydroxylation is 1. The third-order valence-corrected chi connectivity index (χ3v) is 5.44. The first-order valence-electron chi connectivity index (χ1n) is 10.5. The first kappa shape index (κ1) is 20.0. The molecule has 4 heterocycles. The molecule has 0 unspecified atom stereocenters. The van der Waals surface area contributed by atoms with E-state index in [-0.39, 0.29) is 18.2 Å². The highest BCUT2D eigenvalue weighted by atomic mass is 16.6. The number of fused-ring (bicyclic) bond motifs is 2. The Kier molecular flexibility index (Phi) is 5.21. The average Bonchev–Trinajstić information content (AvgIpc) is 3.42. The minimum atomic E-state index is -0.402. The minimum Gasteiger partial charge on any atom is -0.486 e. The standard InChI is InChI=1S/C21H23N7O4/c1-13-8-18(28-21(26-13)24-12-25-28)22-4-5-23-20(30)14-9-19(29)27(11-14)15-2-3-16-17(10-15)32-7-6-31-16/h2-3,8,10,12,14,22H,4-7,9,11H2,1H3,(H,23,30)/t14-/m1/s1. The summed E-state index contributed by atoms with van der Waals surface area (Å²) in [5, 5.41) is 10.3. The van der Waals surface area contributed by atoms with Crippen LogP contribution in [0.1, 0.15) is 12.1 Å². The molecule has 2 aromatic heterocycles. The predicted molar refractivity (Wildman–Crippen MR) is 115 cm³/mol. The van der Waals surface area contributed by atoms with Crippen LogP contribution in [0.15, 0.2) is 30.6 Å². The van der Waals surface area contributed by atoms with Crippen LogP contribution in [0, 0.1) is 12.8 Å². The smallest absolute Gasteiger partial charge is 0.254 e. The zero-order valence-electron chi connectivity index (χ0n) is 17.6. The van der Waals surface area contributed by atoms with Gasteiger partial charge in [-0.1, -0.05) is 0 Å². The summed E-state index contributed by atoms with van der Waals surface area (Å²) in [7, 11) is 0. The Hall–Kier alpha value is -3.89. The van der Waals surface area contributed by atoms with Crippen molar-refractivity contribution in [3.05, 3.63) is 36.3 Å². The quantitative estimate of drug-likeness (QED) is 0.543. The first-order chi connectivity index (χ1) is 15.6. The fourth-order valence-corrected chi connectivity index (χ4v) is 3.91. The van der Waals surface area contributed by atoms with E-state index in [0.717, 1.165) is 11.5 Å². The Morgan fingerprint density at radius 2 is 2.03 bits per heavy atom.